The zero-order valence-electron chi connectivity index (χ0n) is 12.2. The smallest absolute Gasteiger partial charge is 0.173 e. The molecule has 2 heteroatoms. The topological polar surface area (TPSA) is 40.9 Å². The molecule has 0 saturated heterocycles. The molecule has 106 valence electrons. The summed E-state index contributed by atoms with van der Waals surface area (Å²) in [5.74, 6) is -0.0259. The summed E-state index contributed by atoms with van der Waals surface area (Å²) < 4.78 is 0. The average molecular weight is 253 g/mol. The first-order valence-corrected chi connectivity index (χ1v) is 7.84. The molecule has 1 N–H and O–H groups in total. The van der Waals surface area contributed by atoms with Crippen molar-refractivity contribution < 1.29 is 4.79 Å². The van der Waals surface area contributed by atoms with Gasteiger partial charge in [-0.05, 0) is 6.42 Å². The van der Waals surface area contributed by atoms with Crippen LogP contribution in [0.2, 0.25) is 0 Å². The van der Waals surface area contributed by atoms with Gasteiger partial charge in [-0.3, -0.25) is 4.79 Å². The Kier molecular flexibility index (Phi) is 13.9. The van der Waals surface area contributed by atoms with E-state index in [1.165, 1.54) is 64.2 Å². The van der Waals surface area contributed by atoms with Gasteiger partial charge in [0.1, 0.15) is 0 Å². The lowest BCUT2D eigenvalue weighted by Gasteiger charge is -2.02. The minimum absolute atomic E-state index is 0.0259. The van der Waals surface area contributed by atoms with E-state index in [1.807, 2.05) is 0 Å². The number of unbranched alkanes of at least 4 members (excludes halogenated alkanes) is 11. The van der Waals surface area contributed by atoms with Crippen LogP contribution in [-0.2, 0) is 4.79 Å². The fourth-order valence-electron chi connectivity index (χ4n) is 2.21. The summed E-state index contributed by atoms with van der Waals surface area (Å²) in [6.45, 7) is 2.26. The average Bonchev–Trinajstić information content (AvgIpc) is 2.39. The zero-order chi connectivity index (χ0) is 13.5. The van der Waals surface area contributed by atoms with E-state index in [1.54, 1.807) is 0 Å². The third-order valence-electron chi connectivity index (χ3n) is 3.44. The van der Waals surface area contributed by atoms with Crippen LogP contribution in [0, 0.1) is 5.41 Å². The SMILES string of the molecule is CCCCCCCCCCCCCCC(=O)C=N. The predicted molar refractivity (Wildman–Crippen MR) is 79.5 cm³/mol. The fraction of sp³-hybridized carbons (Fsp3) is 0.875. The summed E-state index contributed by atoms with van der Waals surface area (Å²) in [5.41, 5.74) is 0. The number of ketones is 1. The maximum atomic E-state index is 10.9. The molecule has 0 saturated carbocycles. The molecule has 0 heterocycles. The van der Waals surface area contributed by atoms with Gasteiger partial charge in [-0.15, -0.1) is 0 Å². The molecule has 0 aliphatic heterocycles. The van der Waals surface area contributed by atoms with Gasteiger partial charge >= 0.3 is 0 Å². The van der Waals surface area contributed by atoms with Crippen LogP contribution in [0.4, 0.5) is 0 Å². The number of hydrogen-bond acceptors (Lipinski definition) is 2. The van der Waals surface area contributed by atoms with Crippen molar-refractivity contribution in [1.82, 2.24) is 0 Å². The van der Waals surface area contributed by atoms with E-state index in [4.69, 9.17) is 5.41 Å². The number of carbonyl (C=O) groups is 1. The van der Waals surface area contributed by atoms with Gasteiger partial charge in [-0.1, -0.05) is 77.6 Å². The Morgan fingerprint density at radius 1 is 0.778 bits per heavy atom. The number of nitrogens with one attached hydrogen (secondary N) is 1. The number of rotatable bonds is 14. The van der Waals surface area contributed by atoms with Crippen LogP contribution < -0.4 is 0 Å². The summed E-state index contributed by atoms with van der Waals surface area (Å²) in [7, 11) is 0. The number of Topliss-reactive ketones (excluding diaryl/α,β-unsaturated/α-hetero) is 1. The maximum absolute atomic E-state index is 10.9. The Hall–Kier alpha value is -0.660. The summed E-state index contributed by atoms with van der Waals surface area (Å²) in [6, 6.07) is 0. The molecule has 0 fully saturated rings. The van der Waals surface area contributed by atoms with Gasteiger partial charge in [0, 0.05) is 6.42 Å². The highest BCUT2D eigenvalue weighted by Gasteiger charge is 1.97. The van der Waals surface area contributed by atoms with E-state index in [9.17, 15) is 4.79 Å². The first kappa shape index (κ1) is 17.3. The van der Waals surface area contributed by atoms with Crippen LogP contribution in [0.1, 0.15) is 90.4 Å². The van der Waals surface area contributed by atoms with Crippen molar-refractivity contribution in [3.63, 3.8) is 0 Å². The van der Waals surface area contributed by atoms with E-state index in [0.29, 0.717) is 6.42 Å². The zero-order valence-corrected chi connectivity index (χ0v) is 12.2. The summed E-state index contributed by atoms with van der Waals surface area (Å²) in [4.78, 5) is 10.9. The Balaban J connectivity index is 2.98. The van der Waals surface area contributed by atoms with Crippen molar-refractivity contribution in [2.24, 2.45) is 0 Å². The molecular weight excluding hydrogens is 222 g/mol. The molecule has 0 amide bonds. The Labute approximate surface area is 113 Å². The van der Waals surface area contributed by atoms with Gasteiger partial charge in [0.25, 0.3) is 0 Å². The lowest BCUT2D eigenvalue weighted by Crippen LogP contribution is -1.96. The molecule has 0 aliphatic rings. The van der Waals surface area contributed by atoms with Crippen molar-refractivity contribution in [2.75, 3.05) is 0 Å². The third kappa shape index (κ3) is 13.4. The molecule has 0 bridgehead atoms. The molecular formula is C16H31NO. The van der Waals surface area contributed by atoms with Crippen molar-refractivity contribution in [3.05, 3.63) is 0 Å². The maximum Gasteiger partial charge on any atom is 0.173 e. The second kappa shape index (κ2) is 14.4. The molecule has 0 aromatic rings. The van der Waals surface area contributed by atoms with E-state index in [0.717, 1.165) is 19.1 Å². The van der Waals surface area contributed by atoms with Crippen LogP contribution in [0.3, 0.4) is 0 Å². The van der Waals surface area contributed by atoms with Gasteiger partial charge in [-0.25, -0.2) is 0 Å². The first-order chi connectivity index (χ1) is 8.81. The van der Waals surface area contributed by atoms with Crippen LogP contribution in [-0.4, -0.2) is 12.0 Å². The Morgan fingerprint density at radius 2 is 1.17 bits per heavy atom. The largest absolute Gasteiger partial charge is 0.305 e. The van der Waals surface area contributed by atoms with Crippen LogP contribution in [0.25, 0.3) is 0 Å². The Bertz CT molecular complexity index is 201. The normalized spacial score (nSPS) is 10.5. The number of carbonyl (C=O) groups excluding carboxylic acids is 1. The van der Waals surface area contributed by atoms with Gasteiger partial charge < -0.3 is 5.41 Å². The second-order valence-corrected chi connectivity index (χ2v) is 5.25. The van der Waals surface area contributed by atoms with Crippen LogP contribution in [0.15, 0.2) is 0 Å². The quantitative estimate of drug-likeness (QED) is 0.331. The molecule has 0 rings (SSSR count). The van der Waals surface area contributed by atoms with Gasteiger partial charge in [0.2, 0.25) is 0 Å². The second-order valence-electron chi connectivity index (χ2n) is 5.25. The van der Waals surface area contributed by atoms with Crippen molar-refractivity contribution in [1.29, 1.82) is 5.41 Å². The Morgan fingerprint density at radius 3 is 1.56 bits per heavy atom. The van der Waals surface area contributed by atoms with Gasteiger partial charge in [-0.2, -0.15) is 0 Å². The lowest BCUT2D eigenvalue weighted by atomic mass is 10.0. The molecule has 0 unspecified atom stereocenters. The molecule has 0 radical (unpaired) electrons. The van der Waals surface area contributed by atoms with Crippen LogP contribution in [0.5, 0.6) is 0 Å². The summed E-state index contributed by atoms with van der Waals surface area (Å²) in [6.07, 6.45) is 17.3. The number of hydrogen-bond donors (Lipinski definition) is 1. The summed E-state index contributed by atoms with van der Waals surface area (Å²) >= 11 is 0. The van der Waals surface area contributed by atoms with Crippen molar-refractivity contribution >= 4 is 12.0 Å². The van der Waals surface area contributed by atoms with Crippen LogP contribution >= 0.6 is 0 Å². The fourth-order valence-corrected chi connectivity index (χ4v) is 2.21. The molecule has 0 aromatic carbocycles. The first-order valence-electron chi connectivity index (χ1n) is 7.84. The van der Waals surface area contributed by atoms with E-state index in [2.05, 4.69) is 6.92 Å². The molecule has 2 nitrogen and oxygen atoms in total. The standard InChI is InChI=1S/C16H31NO/c1-2-3-4-5-6-7-8-9-10-11-12-13-14-16(18)15-17/h15,17H,2-14H2,1H3. The van der Waals surface area contributed by atoms with Crippen molar-refractivity contribution in [3.8, 4) is 0 Å². The molecule has 0 atom stereocenters. The predicted octanol–water partition coefficient (Wildman–Crippen LogP) is 5.30. The van der Waals surface area contributed by atoms with E-state index in [-0.39, 0.29) is 5.78 Å². The lowest BCUT2D eigenvalue weighted by molar-refractivity contribution is -0.112. The van der Waals surface area contributed by atoms with Crippen molar-refractivity contribution in [2.45, 2.75) is 90.4 Å². The highest BCUT2D eigenvalue weighted by molar-refractivity contribution is 6.26. The highest BCUT2D eigenvalue weighted by atomic mass is 16.1. The molecule has 0 aromatic heterocycles. The summed E-state index contributed by atoms with van der Waals surface area (Å²) in [5, 5.41) is 6.79. The third-order valence-corrected chi connectivity index (χ3v) is 3.44. The van der Waals surface area contributed by atoms with E-state index >= 15 is 0 Å². The molecule has 18 heavy (non-hydrogen) atoms. The monoisotopic (exact) mass is 253 g/mol. The molecule has 0 spiro atoms. The van der Waals surface area contributed by atoms with E-state index < -0.39 is 0 Å². The minimum Gasteiger partial charge on any atom is -0.305 e. The minimum atomic E-state index is -0.0259. The highest BCUT2D eigenvalue weighted by Crippen LogP contribution is 2.12. The molecule has 0 aliphatic carbocycles. The van der Waals surface area contributed by atoms with Gasteiger partial charge in [0.05, 0.1) is 6.21 Å². The van der Waals surface area contributed by atoms with Gasteiger partial charge in [0.15, 0.2) is 5.78 Å².